The summed E-state index contributed by atoms with van der Waals surface area (Å²) in [5.74, 6) is -1.07. The molecule has 2 N–H and O–H groups in total. The Hall–Kier alpha value is -3.48. The van der Waals surface area contributed by atoms with Crippen LogP contribution in [0.3, 0.4) is 0 Å². The third-order valence-corrected chi connectivity index (χ3v) is 5.51. The molecule has 32 heavy (non-hydrogen) atoms. The molecule has 0 spiro atoms. The predicted molar refractivity (Wildman–Crippen MR) is 120 cm³/mol. The number of hydrogen-bond donors (Lipinski definition) is 2. The number of aryl methyl sites for hydroxylation is 2. The second-order valence-corrected chi connectivity index (χ2v) is 7.89. The largest absolute Gasteiger partial charge is 0.468 e. The monoisotopic (exact) mass is 436 g/mol. The maximum Gasteiger partial charge on any atom is 0.325 e. The summed E-state index contributed by atoms with van der Waals surface area (Å²) < 4.78 is 4.47. The van der Waals surface area contributed by atoms with Gasteiger partial charge in [0.1, 0.15) is 6.54 Å². The van der Waals surface area contributed by atoms with Gasteiger partial charge in [0.05, 0.1) is 13.5 Å². The molecule has 1 aliphatic carbocycles. The van der Waals surface area contributed by atoms with Crippen LogP contribution in [0.5, 0.6) is 0 Å². The molecule has 0 heterocycles. The number of Topliss-reactive ketones (excluding diaryl/α,β-unsaturated/α-hetero) is 1. The number of rotatable bonds is 9. The number of methoxy groups -OCH3 is 1. The van der Waals surface area contributed by atoms with Crippen LogP contribution in [0.2, 0.25) is 0 Å². The summed E-state index contributed by atoms with van der Waals surface area (Å²) in [5.41, 5.74) is 4.59. The summed E-state index contributed by atoms with van der Waals surface area (Å²) in [7, 11) is 1.26. The van der Waals surface area contributed by atoms with E-state index in [0.717, 1.165) is 24.8 Å². The van der Waals surface area contributed by atoms with E-state index in [9.17, 15) is 19.2 Å². The molecule has 0 bridgehead atoms. The lowest BCUT2D eigenvalue weighted by molar-refractivity contribution is -0.141. The van der Waals surface area contributed by atoms with Crippen LogP contribution in [0.4, 0.5) is 5.69 Å². The average molecular weight is 437 g/mol. The van der Waals surface area contributed by atoms with Gasteiger partial charge in [-0.1, -0.05) is 24.3 Å². The Bertz CT molecular complexity index is 998. The number of ether oxygens (including phenoxy) is 1. The molecule has 1 aliphatic rings. The first kappa shape index (κ1) is 23.2. The van der Waals surface area contributed by atoms with E-state index >= 15 is 0 Å². The lowest BCUT2D eigenvalue weighted by Crippen LogP contribution is -2.31. The fourth-order valence-electron chi connectivity index (χ4n) is 3.70. The van der Waals surface area contributed by atoms with Crippen LogP contribution in [0.15, 0.2) is 42.5 Å². The van der Waals surface area contributed by atoms with Crippen LogP contribution in [0, 0.1) is 0 Å². The number of nitrogens with one attached hydrogen (secondary N) is 2. The number of ketones is 1. The highest BCUT2D eigenvalue weighted by Crippen LogP contribution is 2.23. The summed E-state index contributed by atoms with van der Waals surface area (Å²) in [6.45, 7) is -0.173. The van der Waals surface area contributed by atoms with Gasteiger partial charge in [0, 0.05) is 24.1 Å². The van der Waals surface area contributed by atoms with Crippen molar-refractivity contribution in [2.45, 2.75) is 44.9 Å². The third-order valence-electron chi connectivity index (χ3n) is 5.51. The Labute approximate surface area is 187 Å². The van der Waals surface area contributed by atoms with E-state index in [1.54, 1.807) is 24.3 Å². The Morgan fingerprint density at radius 1 is 0.875 bits per heavy atom. The maximum atomic E-state index is 12.5. The zero-order valence-electron chi connectivity index (χ0n) is 18.2. The predicted octanol–water partition coefficient (Wildman–Crippen LogP) is 3.00. The van der Waals surface area contributed by atoms with E-state index < -0.39 is 5.97 Å². The summed E-state index contributed by atoms with van der Waals surface area (Å²) in [6, 6.07) is 12.7. The molecule has 2 aromatic rings. The molecular weight excluding hydrogens is 408 g/mol. The second kappa shape index (κ2) is 11.2. The molecule has 0 radical (unpaired) electrons. The van der Waals surface area contributed by atoms with Crippen molar-refractivity contribution >= 4 is 29.3 Å². The van der Waals surface area contributed by atoms with Gasteiger partial charge in [0.2, 0.25) is 11.8 Å². The first-order chi connectivity index (χ1) is 15.4. The number of benzene rings is 2. The van der Waals surface area contributed by atoms with Crippen molar-refractivity contribution < 1.29 is 23.9 Å². The number of amides is 2. The van der Waals surface area contributed by atoms with E-state index in [1.807, 2.05) is 18.2 Å². The number of hydrogen-bond acceptors (Lipinski definition) is 5. The average Bonchev–Trinajstić information content (AvgIpc) is 2.81. The van der Waals surface area contributed by atoms with Crippen molar-refractivity contribution in [1.29, 1.82) is 0 Å². The molecule has 0 fully saturated rings. The van der Waals surface area contributed by atoms with Crippen molar-refractivity contribution in [2.75, 3.05) is 19.0 Å². The lowest BCUT2D eigenvalue weighted by Gasteiger charge is -2.16. The summed E-state index contributed by atoms with van der Waals surface area (Å²) in [5, 5.41) is 5.25. The van der Waals surface area contributed by atoms with Gasteiger partial charge in [0.15, 0.2) is 5.78 Å². The van der Waals surface area contributed by atoms with Gasteiger partial charge in [-0.2, -0.15) is 0 Å². The SMILES string of the molecule is COC(=O)CNC(=O)Cc1ccc(NC(=O)CCC(=O)c2ccc3c(c2)CCCC3)cc1. The van der Waals surface area contributed by atoms with Crippen LogP contribution in [0.1, 0.15) is 52.7 Å². The van der Waals surface area contributed by atoms with Gasteiger partial charge < -0.3 is 15.4 Å². The van der Waals surface area contributed by atoms with Gasteiger partial charge in [-0.15, -0.1) is 0 Å². The van der Waals surface area contributed by atoms with Gasteiger partial charge >= 0.3 is 5.97 Å². The highest BCUT2D eigenvalue weighted by atomic mass is 16.5. The van der Waals surface area contributed by atoms with E-state index in [-0.39, 0.29) is 43.4 Å². The smallest absolute Gasteiger partial charge is 0.325 e. The minimum absolute atomic E-state index is 0.0261. The first-order valence-corrected chi connectivity index (χ1v) is 10.8. The Morgan fingerprint density at radius 3 is 2.31 bits per heavy atom. The Kier molecular flexibility index (Phi) is 8.14. The quantitative estimate of drug-likeness (QED) is 0.465. The minimum Gasteiger partial charge on any atom is -0.468 e. The van der Waals surface area contributed by atoms with Crippen LogP contribution in [-0.4, -0.2) is 37.2 Å². The standard InChI is InChI=1S/C25H28N2O5/c1-32-25(31)16-26-24(30)14-17-6-10-21(11-7-17)27-23(29)13-12-22(28)20-9-8-18-4-2-3-5-19(18)15-20/h6-11,15H,2-5,12-14,16H2,1H3,(H,26,30)(H,27,29). The molecule has 7 nitrogen and oxygen atoms in total. The first-order valence-electron chi connectivity index (χ1n) is 10.8. The van der Waals surface area contributed by atoms with Crippen molar-refractivity contribution in [3.8, 4) is 0 Å². The number of carbonyl (C=O) groups is 4. The van der Waals surface area contributed by atoms with E-state index in [4.69, 9.17) is 0 Å². The van der Waals surface area contributed by atoms with Gasteiger partial charge in [-0.25, -0.2) is 0 Å². The molecule has 168 valence electrons. The highest BCUT2D eigenvalue weighted by Gasteiger charge is 2.14. The molecule has 3 rings (SSSR count). The zero-order valence-corrected chi connectivity index (χ0v) is 18.2. The molecule has 0 aliphatic heterocycles. The van der Waals surface area contributed by atoms with Crippen LogP contribution in [-0.2, 0) is 38.4 Å². The fraction of sp³-hybridized carbons (Fsp3) is 0.360. The molecule has 0 saturated heterocycles. The van der Waals surface area contributed by atoms with E-state index in [1.165, 1.54) is 24.7 Å². The Balaban J connectivity index is 1.44. The summed E-state index contributed by atoms with van der Waals surface area (Å²) >= 11 is 0. The zero-order chi connectivity index (χ0) is 22.9. The van der Waals surface area contributed by atoms with Gasteiger partial charge in [-0.3, -0.25) is 19.2 Å². The molecule has 0 aromatic heterocycles. The Morgan fingerprint density at radius 2 is 1.59 bits per heavy atom. The van der Waals surface area contributed by atoms with Crippen LogP contribution in [0.25, 0.3) is 0 Å². The second-order valence-electron chi connectivity index (χ2n) is 7.89. The molecule has 7 heteroatoms. The lowest BCUT2D eigenvalue weighted by atomic mass is 9.89. The normalized spacial score (nSPS) is 12.4. The molecule has 2 amide bonds. The summed E-state index contributed by atoms with van der Waals surface area (Å²) in [4.78, 5) is 47.6. The van der Waals surface area contributed by atoms with Gasteiger partial charge in [-0.05, 0) is 60.6 Å². The fourth-order valence-corrected chi connectivity index (χ4v) is 3.70. The number of esters is 1. The molecule has 0 atom stereocenters. The highest BCUT2D eigenvalue weighted by molar-refractivity contribution is 6.00. The molecular formula is C25H28N2O5. The van der Waals surface area contributed by atoms with E-state index in [2.05, 4.69) is 15.4 Å². The van der Waals surface area contributed by atoms with Crippen molar-refractivity contribution in [3.63, 3.8) is 0 Å². The topological polar surface area (TPSA) is 102 Å². The number of fused-ring (bicyclic) bond motifs is 1. The number of anilines is 1. The third kappa shape index (κ3) is 6.77. The number of carbonyl (C=O) groups excluding carboxylic acids is 4. The molecule has 0 saturated carbocycles. The molecule has 0 unspecified atom stereocenters. The van der Waals surface area contributed by atoms with E-state index in [0.29, 0.717) is 11.3 Å². The minimum atomic E-state index is -0.512. The van der Waals surface area contributed by atoms with Crippen molar-refractivity contribution in [2.24, 2.45) is 0 Å². The van der Waals surface area contributed by atoms with Gasteiger partial charge in [0.25, 0.3) is 0 Å². The van der Waals surface area contributed by atoms with Crippen molar-refractivity contribution in [3.05, 3.63) is 64.7 Å². The summed E-state index contributed by atoms with van der Waals surface area (Å²) in [6.07, 6.45) is 4.81. The molecule has 2 aromatic carbocycles. The maximum absolute atomic E-state index is 12.5. The van der Waals surface area contributed by atoms with Crippen molar-refractivity contribution in [1.82, 2.24) is 5.32 Å². The van der Waals surface area contributed by atoms with Crippen LogP contribution < -0.4 is 10.6 Å². The van der Waals surface area contributed by atoms with Crippen LogP contribution >= 0.6 is 0 Å².